The molecule has 3 heterocycles. The molecule has 20 heteroatoms. The Morgan fingerprint density at radius 3 is 1.37 bits per heavy atom. The lowest BCUT2D eigenvalue weighted by Crippen LogP contribution is -2.57. The van der Waals surface area contributed by atoms with E-state index in [1.807, 2.05) is 102 Å². The number of carbonyl (C=O) groups is 8. The zero-order chi connectivity index (χ0) is 52.1. The first kappa shape index (κ1) is 55.3. The third-order valence-corrected chi connectivity index (χ3v) is 14.0. The van der Waals surface area contributed by atoms with Gasteiger partial charge in [-0.15, -0.1) is 0 Å². The Kier molecular flexibility index (Phi) is 19.8. The molecule has 71 heavy (non-hydrogen) atoms. The van der Waals surface area contributed by atoms with E-state index in [4.69, 9.17) is 0 Å². The van der Waals surface area contributed by atoms with Crippen LogP contribution in [0.25, 0.3) is 0 Å². The fourth-order valence-electron chi connectivity index (χ4n) is 8.75. The summed E-state index contributed by atoms with van der Waals surface area (Å²) in [5.74, 6) is -4.40. The molecule has 1 aromatic heterocycles. The average Bonchev–Trinajstić information content (AvgIpc) is 4.16. The van der Waals surface area contributed by atoms with Gasteiger partial charge in [-0.2, -0.15) is 5.10 Å². The van der Waals surface area contributed by atoms with E-state index in [2.05, 4.69) is 52.7 Å². The molecule has 0 radical (unpaired) electrons. The number of aromatic nitrogens is 2. The second kappa shape index (κ2) is 25.4. The van der Waals surface area contributed by atoms with Gasteiger partial charge < -0.3 is 52.3 Å². The number of nitrogens with one attached hydrogen (secondary N) is 9. The van der Waals surface area contributed by atoms with Gasteiger partial charge in [0, 0.05) is 31.2 Å². The highest BCUT2D eigenvalue weighted by atomic mass is 16.2. The van der Waals surface area contributed by atoms with E-state index in [1.165, 1.54) is 15.9 Å². The lowest BCUT2D eigenvalue weighted by atomic mass is 9.97. The van der Waals surface area contributed by atoms with Crippen molar-refractivity contribution in [1.29, 1.82) is 0 Å². The van der Waals surface area contributed by atoms with E-state index in [0.29, 0.717) is 12.8 Å². The van der Waals surface area contributed by atoms with Crippen molar-refractivity contribution in [2.24, 2.45) is 11.8 Å². The molecule has 3 aromatic rings. The number of amides is 8. The molecular formula is C51H74N12O8. The molecule has 2 aliphatic heterocycles. The quantitative estimate of drug-likeness (QED) is 0.0702. The van der Waals surface area contributed by atoms with Crippen molar-refractivity contribution >= 4 is 47.3 Å². The number of carbonyl (C=O) groups excluding carboxylic acids is 8. The molecule has 386 valence electrons. The molecule has 5 rings (SSSR count). The lowest BCUT2D eigenvalue weighted by Gasteiger charge is -2.32. The predicted octanol–water partition coefficient (Wildman–Crippen LogP) is 1.84. The van der Waals surface area contributed by atoms with Crippen LogP contribution < -0.4 is 42.5 Å². The first-order valence-electron chi connectivity index (χ1n) is 24.8. The summed E-state index contributed by atoms with van der Waals surface area (Å²) in [5.41, 5.74) is 1.52. The highest BCUT2D eigenvalue weighted by molar-refractivity contribution is 5.99. The van der Waals surface area contributed by atoms with Crippen LogP contribution in [0.1, 0.15) is 125 Å². The maximum absolute atomic E-state index is 14.4. The Hall–Kier alpha value is -6.67. The number of hydrogen-bond donors (Lipinski definition) is 9. The van der Waals surface area contributed by atoms with Gasteiger partial charge in [-0.05, 0) is 77.6 Å². The molecule has 2 fully saturated rings. The van der Waals surface area contributed by atoms with Crippen LogP contribution in [-0.4, -0.2) is 143 Å². The van der Waals surface area contributed by atoms with Crippen LogP contribution in [0.4, 0.5) is 0 Å². The van der Waals surface area contributed by atoms with Crippen molar-refractivity contribution in [3.63, 3.8) is 0 Å². The average molecular weight is 983 g/mol. The first-order valence-corrected chi connectivity index (χ1v) is 24.8. The molecule has 0 spiro atoms. The Morgan fingerprint density at radius 2 is 0.986 bits per heavy atom. The molecule has 20 nitrogen and oxygen atoms in total. The van der Waals surface area contributed by atoms with E-state index in [0.717, 1.165) is 11.1 Å². The SMILES string of the molecule is CC[C@H](C)C(NC(=O)[C@H](C)NC)C(=O)N1C[C@@H](NC(=O)c2cc(C(=O)N[C@H]3C[C@@H](C(=O)N[C@H](C)c4ccccc4)N(C(=O)[C@@H](NC(=O)[C@H](C)NC)[C@@H](C)CC)C3)n[nH]2)C[C@H]1C(=O)N[C@H](C)c1ccccc1. The van der Waals surface area contributed by atoms with Gasteiger partial charge in [0.1, 0.15) is 29.9 Å². The zero-order valence-electron chi connectivity index (χ0n) is 42.6. The van der Waals surface area contributed by atoms with Crippen LogP contribution in [0.5, 0.6) is 0 Å². The molecule has 8 amide bonds. The maximum atomic E-state index is 14.4. The Labute approximate surface area is 416 Å². The van der Waals surface area contributed by atoms with E-state index in [-0.39, 0.29) is 61.0 Å². The van der Waals surface area contributed by atoms with Gasteiger partial charge in [-0.3, -0.25) is 43.5 Å². The van der Waals surface area contributed by atoms with E-state index in [1.54, 1.807) is 27.9 Å². The van der Waals surface area contributed by atoms with Crippen LogP contribution in [0.2, 0.25) is 0 Å². The monoisotopic (exact) mass is 983 g/mol. The number of likely N-dealkylation sites (tertiary alicyclic amines) is 2. The maximum Gasteiger partial charge on any atom is 0.272 e. The van der Waals surface area contributed by atoms with Crippen LogP contribution in [0.15, 0.2) is 66.7 Å². The fourth-order valence-corrected chi connectivity index (χ4v) is 8.75. The summed E-state index contributed by atoms with van der Waals surface area (Å²) >= 11 is 0. The van der Waals surface area contributed by atoms with Gasteiger partial charge >= 0.3 is 0 Å². The van der Waals surface area contributed by atoms with Gasteiger partial charge in [-0.25, -0.2) is 0 Å². The highest BCUT2D eigenvalue weighted by Crippen LogP contribution is 2.26. The summed E-state index contributed by atoms with van der Waals surface area (Å²) in [7, 11) is 3.28. The highest BCUT2D eigenvalue weighted by Gasteiger charge is 2.46. The number of nitrogens with zero attached hydrogens (tertiary/aromatic N) is 3. The Morgan fingerprint density at radius 1 is 0.592 bits per heavy atom. The molecule has 9 N–H and O–H groups in total. The van der Waals surface area contributed by atoms with E-state index < -0.39 is 95.9 Å². The summed E-state index contributed by atoms with van der Waals surface area (Å²) in [4.78, 5) is 114. The normalized spacial score (nSPS) is 21.0. The smallest absolute Gasteiger partial charge is 0.272 e. The van der Waals surface area contributed by atoms with Gasteiger partial charge in [0.25, 0.3) is 11.8 Å². The molecule has 0 bridgehead atoms. The lowest BCUT2D eigenvalue weighted by molar-refractivity contribution is -0.143. The molecule has 0 saturated carbocycles. The molecular weight excluding hydrogens is 909 g/mol. The molecule has 2 saturated heterocycles. The number of aromatic amines is 1. The zero-order valence-corrected chi connectivity index (χ0v) is 42.6. The van der Waals surface area contributed by atoms with E-state index in [9.17, 15) is 38.4 Å². The third kappa shape index (κ3) is 14.0. The molecule has 2 aromatic carbocycles. The van der Waals surface area contributed by atoms with Crippen LogP contribution in [0, 0.1) is 11.8 Å². The van der Waals surface area contributed by atoms with Gasteiger partial charge in [0.05, 0.1) is 24.2 Å². The number of rotatable bonds is 22. The van der Waals surface area contributed by atoms with E-state index >= 15 is 0 Å². The molecule has 2 aliphatic rings. The van der Waals surface area contributed by atoms with Crippen molar-refractivity contribution in [3.8, 4) is 0 Å². The minimum absolute atomic E-state index is 0.0416. The third-order valence-electron chi connectivity index (χ3n) is 14.0. The summed E-state index contributed by atoms with van der Waals surface area (Å²) in [6, 6.07) is 12.7. The Bertz CT molecular complexity index is 2170. The number of benzene rings is 2. The Balaban J connectivity index is 1.32. The molecule has 12 atom stereocenters. The van der Waals surface area contributed by atoms with Gasteiger partial charge in [-0.1, -0.05) is 101 Å². The first-order chi connectivity index (χ1) is 33.8. The number of hydrogen-bond acceptors (Lipinski definition) is 11. The minimum atomic E-state index is -0.997. The minimum Gasteiger partial charge on any atom is -0.348 e. The molecule has 0 aliphatic carbocycles. The van der Waals surface area contributed by atoms with Crippen molar-refractivity contribution in [1.82, 2.24) is 62.5 Å². The predicted molar refractivity (Wildman–Crippen MR) is 267 cm³/mol. The topological polar surface area (TPSA) is 268 Å². The van der Waals surface area contributed by atoms with Crippen LogP contribution in [0.3, 0.4) is 0 Å². The van der Waals surface area contributed by atoms with Crippen molar-refractivity contribution in [2.45, 2.75) is 141 Å². The number of H-pyrrole nitrogens is 1. The van der Waals surface area contributed by atoms with Crippen molar-refractivity contribution in [2.75, 3.05) is 27.2 Å². The van der Waals surface area contributed by atoms with Crippen molar-refractivity contribution in [3.05, 3.63) is 89.2 Å². The summed E-state index contributed by atoms with van der Waals surface area (Å²) in [6.07, 6.45) is 1.24. The standard InChI is InChI=1S/C51H74N12O8/c1-11-28(3)42(58-44(64)32(7)52-9)50(70)62-26-36(23-40(62)48(68)54-30(5)34-19-15-13-16-20-34)56-46(66)38-25-39(61-60-38)47(67)57-37-24-41(49(69)55-31(6)35-21-17-14-18-22-35)63(27-37)51(71)43(29(4)12-2)59-45(65)33(8)53-10/h13-22,25,28-33,36-37,40-43,52-53H,11-12,23-24,26-27H2,1-10H3,(H,54,68)(H,55,69)(H,56,66)(H,57,67)(H,58,64)(H,59,65)(H,60,61)/t28-,29-,30+,31+,32-,33-,36-,37-,40-,41-,42-,43?/m0/s1. The largest absolute Gasteiger partial charge is 0.348 e. The number of likely N-dealkylation sites (N-methyl/N-ethyl adjacent to an activating group) is 2. The summed E-state index contributed by atoms with van der Waals surface area (Å²) < 4.78 is 0. The summed E-state index contributed by atoms with van der Waals surface area (Å²) in [5, 5.41) is 30.1. The molecule has 1 unspecified atom stereocenters. The van der Waals surface area contributed by atoms with Crippen LogP contribution >= 0.6 is 0 Å². The summed E-state index contributed by atoms with van der Waals surface area (Å²) in [6.45, 7) is 14.5. The van der Waals surface area contributed by atoms with Gasteiger partial charge in [0.15, 0.2) is 5.69 Å². The second-order valence-corrected chi connectivity index (χ2v) is 19.0. The van der Waals surface area contributed by atoms with Gasteiger partial charge in [0.2, 0.25) is 35.4 Å². The fraction of sp³-hybridized carbons (Fsp3) is 0.549. The van der Waals surface area contributed by atoms with Crippen molar-refractivity contribution < 1.29 is 38.4 Å². The van der Waals surface area contributed by atoms with Crippen LogP contribution in [-0.2, 0) is 28.8 Å². The second-order valence-electron chi connectivity index (χ2n) is 19.0.